The molecule has 1 aromatic carbocycles. The molecule has 7 heteroatoms. The van der Waals surface area contributed by atoms with Gasteiger partial charge in [-0.25, -0.2) is 4.99 Å². The van der Waals surface area contributed by atoms with Crippen LogP contribution >= 0.6 is 24.0 Å². The summed E-state index contributed by atoms with van der Waals surface area (Å²) >= 11 is 0. The van der Waals surface area contributed by atoms with Crippen LogP contribution in [0.15, 0.2) is 29.3 Å². The van der Waals surface area contributed by atoms with Crippen LogP contribution in [0.2, 0.25) is 0 Å². The van der Waals surface area contributed by atoms with E-state index in [0.29, 0.717) is 12.5 Å². The summed E-state index contributed by atoms with van der Waals surface area (Å²) < 4.78 is 0. The topological polar surface area (TPSA) is 68.8 Å². The molecule has 0 radical (unpaired) electrons. The Hall–Kier alpha value is -1.51. The highest BCUT2D eigenvalue weighted by Gasteiger charge is 2.05. The van der Waals surface area contributed by atoms with Gasteiger partial charge < -0.3 is 20.9 Å². The maximum atomic E-state index is 11.7. The Morgan fingerprint density at radius 2 is 1.88 bits per heavy atom. The first kappa shape index (κ1) is 24.5. The molecule has 26 heavy (non-hydrogen) atoms. The van der Waals surface area contributed by atoms with Gasteiger partial charge in [-0.15, -0.1) is 24.0 Å². The second-order valence-electron chi connectivity index (χ2n) is 5.89. The molecular formula is C19H34IN5O. The lowest BCUT2D eigenvalue weighted by atomic mass is 10.2. The van der Waals surface area contributed by atoms with E-state index in [1.807, 2.05) is 13.8 Å². The van der Waals surface area contributed by atoms with Crippen molar-refractivity contribution < 1.29 is 4.79 Å². The lowest BCUT2D eigenvalue weighted by Gasteiger charge is -2.24. The number of amides is 1. The largest absolute Gasteiger partial charge is 0.370 e. The zero-order valence-corrected chi connectivity index (χ0v) is 18.8. The van der Waals surface area contributed by atoms with Gasteiger partial charge in [-0.3, -0.25) is 4.79 Å². The molecule has 0 atom stereocenters. The van der Waals surface area contributed by atoms with E-state index in [2.05, 4.69) is 64.0 Å². The highest BCUT2D eigenvalue weighted by atomic mass is 127. The van der Waals surface area contributed by atoms with E-state index in [1.165, 1.54) is 11.3 Å². The maximum Gasteiger partial charge on any atom is 0.241 e. The zero-order chi connectivity index (χ0) is 18.5. The number of benzene rings is 1. The minimum absolute atomic E-state index is 0. The molecule has 6 nitrogen and oxygen atoms in total. The number of rotatable bonds is 10. The van der Waals surface area contributed by atoms with Crippen molar-refractivity contribution in [3.63, 3.8) is 0 Å². The Kier molecular flexibility index (Phi) is 13.8. The van der Waals surface area contributed by atoms with Gasteiger partial charge in [0, 0.05) is 38.4 Å². The van der Waals surface area contributed by atoms with Crippen LogP contribution in [0, 0.1) is 6.92 Å². The highest BCUT2D eigenvalue weighted by molar-refractivity contribution is 14.0. The van der Waals surface area contributed by atoms with E-state index in [-0.39, 0.29) is 36.4 Å². The van der Waals surface area contributed by atoms with Gasteiger partial charge in [-0.2, -0.15) is 0 Å². The third-order valence-corrected chi connectivity index (χ3v) is 3.72. The SMILES string of the molecule is CCCNC(=O)CN=C(NCC)NCCN(CC)c1cccc(C)c1.I. The fraction of sp³-hybridized carbons (Fsp3) is 0.579. The van der Waals surface area contributed by atoms with Crippen molar-refractivity contribution in [1.82, 2.24) is 16.0 Å². The minimum Gasteiger partial charge on any atom is -0.370 e. The number of hydrogen-bond donors (Lipinski definition) is 3. The van der Waals surface area contributed by atoms with Crippen LogP contribution in [0.1, 0.15) is 32.8 Å². The second kappa shape index (κ2) is 14.6. The molecule has 0 fully saturated rings. The first-order valence-electron chi connectivity index (χ1n) is 9.21. The predicted octanol–water partition coefficient (Wildman–Crippen LogP) is 2.52. The van der Waals surface area contributed by atoms with Crippen LogP contribution in [0.25, 0.3) is 0 Å². The molecule has 0 aliphatic carbocycles. The summed E-state index contributed by atoms with van der Waals surface area (Å²) in [4.78, 5) is 18.3. The predicted molar refractivity (Wildman–Crippen MR) is 122 cm³/mol. The molecule has 0 aliphatic heterocycles. The number of nitrogens with zero attached hydrogens (tertiary/aromatic N) is 2. The molecule has 1 aromatic rings. The zero-order valence-electron chi connectivity index (χ0n) is 16.5. The Morgan fingerprint density at radius 1 is 1.12 bits per heavy atom. The summed E-state index contributed by atoms with van der Waals surface area (Å²) in [6.45, 7) is 12.5. The van der Waals surface area contributed by atoms with Gasteiger partial charge in [-0.1, -0.05) is 19.1 Å². The smallest absolute Gasteiger partial charge is 0.241 e. The van der Waals surface area contributed by atoms with Crippen molar-refractivity contribution in [3.8, 4) is 0 Å². The fourth-order valence-electron chi connectivity index (χ4n) is 2.42. The molecule has 0 aromatic heterocycles. The number of aliphatic imine (C=N–C) groups is 1. The van der Waals surface area contributed by atoms with Crippen molar-refractivity contribution in [2.45, 2.75) is 34.1 Å². The molecule has 0 heterocycles. The number of hydrogen-bond acceptors (Lipinski definition) is 3. The number of carbonyl (C=O) groups excluding carboxylic acids is 1. The summed E-state index contributed by atoms with van der Waals surface area (Å²) in [6, 6.07) is 8.52. The third kappa shape index (κ3) is 9.84. The van der Waals surface area contributed by atoms with E-state index < -0.39 is 0 Å². The van der Waals surface area contributed by atoms with Gasteiger partial charge in [0.25, 0.3) is 0 Å². The number of anilines is 1. The number of aryl methyl sites for hydroxylation is 1. The first-order chi connectivity index (χ1) is 12.1. The lowest BCUT2D eigenvalue weighted by Crippen LogP contribution is -2.42. The molecule has 3 N–H and O–H groups in total. The minimum atomic E-state index is -0.0472. The van der Waals surface area contributed by atoms with E-state index in [4.69, 9.17) is 0 Å². The molecule has 0 spiro atoms. The van der Waals surface area contributed by atoms with Gasteiger partial charge in [0.05, 0.1) is 0 Å². The van der Waals surface area contributed by atoms with E-state index in [1.54, 1.807) is 0 Å². The summed E-state index contributed by atoms with van der Waals surface area (Å²) in [5.74, 6) is 0.628. The summed E-state index contributed by atoms with van der Waals surface area (Å²) in [5, 5.41) is 9.30. The Labute approximate surface area is 175 Å². The van der Waals surface area contributed by atoms with Crippen LogP contribution in [-0.2, 0) is 4.79 Å². The summed E-state index contributed by atoms with van der Waals surface area (Å²) in [7, 11) is 0. The normalized spacial score (nSPS) is 10.7. The average Bonchev–Trinajstić information content (AvgIpc) is 2.61. The molecule has 1 rings (SSSR count). The van der Waals surface area contributed by atoms with Gasteiger partial charge in [0.15, 0.2) is 5.96 Å². The van der Waals surface area contributed by atoms with Gasteiger partial charge >= 0.3 is 0 Å². The Balaban J connectivity index is 0.00000625. The standard InChI is InChI=1S/C19H33N5O.HI/c1-5-11-21-18(25)15-23-19(20-6-2)22-12-13-24(7-3)17-10-8-9-16(4)14-17;/h8-10,14H,5-7,11-13,15H2,1-4H3,(H,21,25)(H2,20,22,23);1H. The van der Waals surface area contributed by atoms with Crippen molar-refractivity contribution in [2.24, 2.45) is 4.99 Å². The number of nitrogens with one attached hydrogen (secondary N) is 3. The molecule has 1 amide bonds. The Morgan fingerprint density at radius 3 is 2.50 bits per heavy atom. The van der Waals surface area contributed by atoms with Crippen LogP contribution in [0.3, 0.4) is 0 Å². The molecule has 0 saturated heterocycles. The molecule has 0 saturated carbocycles. The van der Waals surface area contributed by atoms with Gasteiger partial charge in [0.1, 0.15) is 6.54 Å². The van der Waals surface area contributed by atoms with Gasteiger partial charge in [0.2, 0.25) is 5.91 Å². The number of likely N-dealkylation sites (N-methyl/N-ethyl adjacent to an activating group) is 1. The lowest BCUT2D eigenvalue weighted by molar-refractivity contribution is -0.119. The maximum absolute atomic E-state index is 11.7. The Bertz CT molecular complexity index is 550. The second-order valence-corrected chi connectivity index (χ2v) is 5.89. The van der Waals surface area contributed by atoms with Crippen molar-refractivity contribution in [3.05, 3.63) is 29.8 Å². The molecule has 0 aliphatic rings. The third-order valence-electron chi connectivity index (χ3n) is 3.72. The van der Waals surface area contributed by atoms with Crippen LogP contribution in [0.4, 0.5) is 5.69 Å². The number of carbonyl (C=O) groups is 1. The first-order valence-corrected chi connectivity index (χ1v) is 9.21. The van der Waals surface area contributed by atoms with Crippen molar-refractivity contribution in [1.29, 1.82) is 0 Å². The molecule has 0 bridgehead atoms. The molecule has 0 unspecified atom stereocenters. The van der Waals surface area contributed by atoms with Crippen LogP contribution < -0.4 is 20.9 Å². The fourth-order valence-corrected chi connectivity index (χ4v) is 2.42. The van der Waals surface area contributed by atoms with Crippen molar-refractivity contribution >= 4 is 41.5 Å². The van der Waals surface area contributed by atoms with Crippen molar-refractivity contribution in [2.75, 3.05) is 44.2 Å². The van der Waals surface area contributed by atoms with E-state index in [0.717, 1.165) is 32.6 Å². The number of halogens is 1. The van der Waals surface area contributed by atoms with Crippen LogP contribution in [0.5, 0.6) is 0 Å². The summed E-state index contributed by atoms with van der Waals surface area (Å²) in [5.41, 5.74) is 2.49. The monoisotopic (exact) mass is 475 g/mol. The van der Waals surface area contributed by atoms with Gasteiger partial charge in [-0.05, 0) is 44.9 Å². The van der Waals surface area contributed by atoms with Crippen LogP contribution in [-0.4, -0.2) is 51.1 Å². The average molecular weight is 475 g/mol. The summed E-state index contributed by atoms with van der Waals surface area (Å²) in [6.07, 6.45) is 0.930. The molecular weight excluding hydrogens is 441 g/mol. The number of guanidine groups is 1. The highest BCUT2D eigenvalue weighted by Crippen LogP contribution is 2.14. The molecule has 148 valence electrons. The van der Waals surface area contributed by atoms with E-state index in [9.17, 15) is 4.79 Å². The van der Waals surface area contributed by atoms with E-state index >= 15 is 0 Å². The quantitative estimate of drug-likeness (QED) is 0.277.